The Bertz CT molecular complexity index is 348. The maximum Gasteiger partial charge on any atom is 0.248 e. The Morgan fingerprint density at radius 3 is 2.64 bits per heavy atom. The van der Waals surface area contributed by atoms with E-state index in [9.17, 15) is 10.0 Å². The van der Waals surface area contributed by atoms with E-state index in [-0.39, 0.29) is 0 Å². The molecular weight excluding hydrogens is 180 g/mol. The Balaban J connectivity index is 3.20. The Labute approximate surface area is 82.9 Å². The Hall–Kier alpha value is -1.55. The summed E-state index contributed by atoms with van der Waals surface area (Å²) in [5.74, 6) is -0.490. The normalized spacial score (nSPS) is 9.93. The molecule has 1 aromatic carbocycles. The molecule has 0 saturated carbocycles. The van der Waals surface area contributed by atoms with Crippen LogP contribution in [0.2, 0.25) is 0 Å². The van der Waals surface area contributed by atoms with Crippen LogP contribution in [0, 0.1) is 0 Å². The summed E-state index contributed by atoms with van der Waals surface area (Å²) in [6.07, 6.45) is 0.791. The van der Waals surface area contributed by atoms with Gasteiger partial charge in [-0.15, -0.1) is 0 Å². The van der Waals surface area contributed by atoms with Crippen LogP contribution < -0.4 is 10.8 Å². The summed E-state index contributed by atoms with van der Waals surface area (Å²) in [6.45, 7) is 1.98. The summed E-state index contributed by atoms with van der Waals surface area (Å²) < 4.78 is 0. The van der Waals surface area contributed by atoms with Gasteiger partial charge in [0.25, 0.3) is 0 Å². The molecule has 3 N–H and O–H groups in total. The molecule has 1 rings (SSSR count). The molecule has 0 aliphatic rings. The lowest BCUT2D eigenvalue weighted by Gasteiger charge is -2.15. The van der Waals surface area contributed by atoms with Gasteiger partial charge in [-0.05, 0) is 24.1 Å². The number of nitrogens with two attached hydrogens (primary N) is 1. The van der Waals surface area contributed by atoms with Crippen molar-refractivity contribution in [2.75, 3.05) is 12.1 Å². The molecule has 1 aromatic rings. The minimum absolute atomic E-state index is 0.401. The van der Waals surface area contributed by atoms with E-state index in [1.807, 2.05) is 6.92 Å². The number of aryl methyl sites for hydroxylation is 1. The van der Waals surface area contributed by atoms with E-state index < -0.39 is 5.91 Å². The summed E-state index contributed by atoms with van der Waals surface area (Å²) in [6, 6.07) is 5.04. The lowest BCUT2D eigenvalue weighted by atomic mass is 10.1. The maximum atomic E-state index is 10.9. The molecule has 0 radical (unpaired) electrons. The number of rotatable bonds is 3. The molecule has 14 heavy (non-hydrogen) atoms. The third-order valence-electron chi connectivity index (χ3n) is 2.10. The van der Waals surface area contributed by atoms with Crippen molar-refractivity contribution in [3.63, 3.8) is 0 Å². The number of hydrogen-bond donors (Lipinski definition) is 2. The van der Waals surface area contributed by atoms with E-state index in [4.69, 9.17) is 5.73 Å². The Morgan fingerprint density at radius 2 is 2.21 bits per heavy atom. The average Bonchev–Trinajstić information content (AvgIpc) is 2.16. The number of amides is 1. The van der Waals surface area contributed by atoms with Crippen LogP contribution in [0.4, 0.5) is 5.69 Å². The third kappa shape index (κ3) is 2.03. The molecule has 0 heterocycles. The van der Waals surface area contributed by atoms with Gasteiger partial charge in [-0.1, -0.05) is 13.0 Å². The topological polar surface area (TPSA) is 66.6 Å². The van der Waals surface area contributed by atoms with Gasteiger partial charge in [0.05, 0.1) is 5.69 Å². The molecule has 0 aliphatic carbocycles. The van der Waals surface area contributed by atoms with Crippen molar-refractivity contribution in [2.24, 2.45) is 5.73 Å². The van der Waals surface area contributed by atoms with Crippen LogP contribution in [-0.4, -0.2) is 18.2 Å². The zero-order chi connectivity index (χ0) is 10.7. The van der Waals surface area contributed by atoms with Crippen molar-refractivity contribution in [2.45, 2.75) is 13.3 Å². The first-order valence-electron chi connectivity index (χ1n) is 4.41. The number of carbonyl (C=O) groups excluding carboxylic acids is 1. The van der Waals surface area contributed by atoms with Crippen LogP contribution >= 0.6 is 0 Å². The maximum absolute atomic E-state index is 10.9. The molecule has 4 heteroatoms. The highest BCUT2D eigenvalue weighted by molar-refractivity contribution is 5.94. The van der Waals surface area contributed by atoms with Crippen LogP contribution in [0.15, 0.2) is 18.2 Å². The minimum atomic E-state index is -0.490. The van der Waals surface area contributed by atoms with E-state index in [0.29, 0.717) is 11.3 Å². The van der Waals surface area contributed by atoms with Crippen LogP contribution in [0.3, 0.4) is 0 Å². The van der Waals surface area contributed by atoms with E-state index in [0.717, 1.165) is 17.0 Å². The van der Waals surface area contributed by atoms with Crippen LogP contribution in [-0.2, 0) is 6.42 Å². The van der Waals surface area contributed by atoms with Crippen molar-refractivity contribution < 1.29 is 10.0 Å². The highest BCUT2D eigenvalue weighted by atomic mass is 16.5. The van der Waals surface area contributed by atoms with Gasteiger partial charge in [-0.3, -0.25) is 15.1 Å². The summed E-state index contributed by atoms with van der Waals surface area (Å²) in [7, 11) is 1.51. The number of hydroxylamine groups is 1. The van der Waals surface area contributed by atoms with Gasteiger partial charge in [0.15, 0.2) is 0 Å². The summed E-state index contributed by atoms with van der Waals surface area (Å²) >= 11 is 0. The molecule has 76 valence electrons. The molecule has 0 unspecified atom stereocenters. The number of primary amides is 1. The molecule has 0 bridgehead atoms. The van der Waals surface area contributed by atoms with E-state index in [1.165, 1.54) is 7.05 Å². The van der Waals surface area contributed by atoms with Crippen molar-refractivity contribution >= 4 is 11.6 Å². The van der Waals surface area contributed by atoms with E-state index in [1.54, 1.807) is 18.2 Å². The molecule has 1 amide bonds. The quantitative estimate of drug-likeness (QED) is 0.710. The van der Waals surface area contributed by atoms with Crippen molar-refractivity contribution in [1.82, 2.24) is 0 Å². The summed E-state index contributed by atoms with van der Waals surface area (Å²) in [5, 5.41) is 10.3. The van der Waals surface area contributed by atoms with Crippen LogP contribution in [0.25, 0.3) is 0 Å². The van der Waals surface area contributed by atoms with Gasteiger partial charge in [-0.25, -0.2) is 0 Å². The van der Waals surface area contributed by atoms with Gasteiger partial charge >= 0.3 is 0 Å². The molecule has 0 aliphatic heterocycles. The summed E-state index contributed by atoms with van der Waals surface area (Å²) in [4.78, 5) is 10.9. The first-order valence-corrected chi connectivity index (χ1v) is 4.41. The monoisotopic (exact) mass is 194 g/mol. The van der Waals surface area contributed by atoms with Crippen molar-refractivity contribution in [3.05, 3.63) is 29.3 Å². The number of benzene rings is 1. The Morgan fingerprint density at radius 1 is 1.57 bits per heavy atom. The molecule has 0 saturated heterocycles. The van der Waals surface area contributed by atoms with Crippen LogP contribution in [0.1, 0.15) is 22.8 Å². The minimum Gasteiger partial charge on any atom is -0.366 e. The highest BCUT2D eigenvalue weighted by Crippen LogP contribution is 2.20. The first kappa shape index (κ1) is 10.5. The lowest BCUT2D eigenvalue weighted by Crippen LogP contribution is -2.16. The molecular formula is C10H14N2O2. The zero-order valence-electron chi connectivity index (χ0n) is 8.32. The predicted molar refractivity (Wildman–Crippen MR) is 54.5 cm³/mol. The zero-order valence-corrected chi connectivity index (χ0v) is 8.32. The van der Waals surface area contributed by atoms with Gasteiger partial charge in [-0.2, -0.15) is 0 Å². The predicted octanol–water partition coefficient (Wildman–Crippen LogP) is 1.17. The van der Waals surface area contributed by atoms with Crippen molar-refractivity contribution in [1.29, 1.82) is 0 Å². The van der Waals surface area contributed by atoms with E-state index >= 15 is 0 Å². The van der Waals surface area contributed by atoms with Crippen LogP contribution in [0.5, 0.6) is 0 Å². The second-order valence-corrected chi connectivity index (χ2v) is 3.08. The lowest BCUT2D eigenvalue weighted by molar-refractivity contribution is 0.100. The molecule has 0 spiro atoms. The number of hydrogen-bond acceptors (Lipinski definition) is 3. The largest absolute Gasteiger partial charge is 0.366 e. The SMILES string of the molecule is CCc1ccc(C(N)=O)cc1N(C)O. The summed E-state index contributed by atoms with van der Waals surface area (Å²) in [5.41, 5.74) is 7.12. The highest BCUT2D eigenvalue weighted by Gasteiger charge is 2.08. The van der Waals surface area contributed by atoms with E-state index in [2.05, 4.69) is 0 Å². The van der Waals surface area contributed by atoms with Gasteiger partial charge in [0.2, 0.25) is 5.91 Å². The standard InChI is InChI=1S/C10H14N2O2/c1-3-7-4-5-8(10(11)13)6-9(7)12(2)14/h4-6,14H,3H2,1-2H3,(H2,11,13). The van der Waals surface area contributed by atoms with Gasteiger partial charge < -0.3 is 5.73 Å². The first-order chi connectivity index (χ1) is 6.56. The molecule has 4 nitrogen and oxygen atoms in total. The molecule has 0 aromatic heterocycles. The second kappa shape index (κ2) is 4.11. The number of carbonyl (C=O) groups is 1. The molecule has 0 fully saturated rings. The fourth-order valence-electron chi connectivity index (χ4n) is 1.32. The van der Waals surface area contributed by atoms with Crippen molar-refractivity contribution in [3.8, 4) is 0 Å². The smallest absolute Gasteiger partial charge is 0.248 e. The fourth-order valence-corrected chi connectivity index (χ4v) is 1.32. The van der Waals surface area contributed by atoms with Gasteiger partial charge in [0.1, 0.15) is 0 Å². The Kier molecular flexibility index (Phi) is 3.09. The average molecular weight is 194 g/mol. The fraction of sp³-hybridized carbons (Fsp3) is 0.300. The number of anilines is 1. The van der Waals surface area contributed by atoms with Gasteiger partial charge in [0, 0.05) is 12.6 Å². The number of nitrogens with zero attached hydrogens (tertiary/aromatic N) is 1. The molecule has 0 atom stereocenters. The second-order valence-electron chi connectivity index (χ2n) is 3.08. The third-order valence-corrected chi connectivity index (χ3v) is 2.10.